The predicted octanol–water partition coefficient (Wildman–Crippen LogP) is 1.43. The molecule has 0 aliphatic carbocycles. The van der Waals surface area contributed by atoms with E-state index in [1.807, 2.05) is 32.9 Å². The molecular formula is C13H15N3O2. The van der Waals surface area contributed by atoms with Gasteiger partial charge in [-0.1, -0.05) is 17.7 Å². The van der Waals surface area contributed by atoms with E-state index in [4.69, 9.17) is 0 Å². The molecule has 1 heterocycles. The highest BCUT2D eigenvalue weighted by atomic mass is 16.2. The summed E-state index contributed by atoms with van der Waals surface area (Å²) in [4.78, 5) is 22.9. The largest absolute Gasteiger partial charge is 0.320 e. The van der Waals surface area contributed by atoms with Crippen LogP contribution in [0.1, 0.15) is 23.1 Å². The van der Waals surface area contributed by atoms with Crippen LogP contribution in [0.3, 0.4) is 0 Å². The number of nitrogens with one attached hydrogen (secondary N) is 2. The molecule has 2 amide bonds. The van der Waals surface area contributed by atoms with Crippen LogP contribution < -0.4 is 10.7 Å². The molecule has 1 aromatic carbocycles. The fourth-order valence-corrected chi connectivity index (χ4v) is 2.05. The van der Waals surface area contributed by atoms with E-state index in [0.717, 1.165) is 22.4 Å². The Hall–Kier alpha value is -2.17. The van der Waals surface area contributed by atoms with Gasteiger partial charge in [-0.15, -0.1) is 0 Å². The quantitative estimate of drug-likeness (QED) is 0.827. The van der Waals surface area contributed by atoms with Crippen LogP contribution in [-0.2, 0) is 9.59 Å². The van der Waals surface area contributed by atoms with Crippen molar-refractivity contribution in [2.45, 2.75) is 27.2 Å². The fourth-order valence-electron chi connectivity index (χ4n) is 2.05. The molecule has 5 nitrogen and oxygen atoms in total. The first-order valence-electron chi connectivity index (χ1n) is 5.72. The average molecular weight is 245 g/mol. The monoisotopic (exact) mass is 245 g/mol. The lowest BCUT2D eigenvalue weighted by molar-refractivity contribution is -0.119. The van der Waals surface area contributed by atoms with Gasteiger partial charge in [0.1, 0.15) is 5.71 Å². The van der Waals surface area contributed by atoms with Crippen molar-refractivity contribution in [1.29, 1.82) is 0 Å². The Kier molecular flexibility index (Phi) is 3.14. The third-order valence-electron chi connectivity index (χ3n) is 2.82. The number of carbonyl (C=O) groups is 2. The second-order valence-corrected chi connectivity index (χ2v) is 4.50. The second kappa shape index (κ2) is 4.60. The van der Waals surface area contributed by atoms with E-state index in [-0.39, 0.29) is 23.9 Å². The lowest BCUT2D eigenvalue weighted by Gasteiger charge is -2.12. The van der Waals surface area contributed by atoms with Crippen molar-refractivity contribution in [1.82, 2.24) is 5.43 Å². The van der Waals surface area contributed by atoms with Crippen molar-refractivity contribution in [3.8, 4) is 0 Å². The number of carbonyl (C=O) groups excluding carboxylic acids is 2. The van der Waals surface area contributed by atoms with Gasteiger partial charge in [0, 0.05) is 5.69 Å². The molecule has 5 heteroatoms. The normalized spacial score (nSPS) is 14.2. The van der Waals surface area contributed by atoms with Crippen molar-refractivity contribution in [2.75, 3.05) is 5.32 Å². The standard InChI is InChI=1S/C13H15N3O2/c1-7-4-8(2)12(9(3)5-7)14-13(18)10-6-11(17)16-15-10/h4-5H,6H2,1-3H3,(H,14,18)(H,16,17). The number of amides is 2. The van der Waals surface area contributed by atoms with Crippen LogP contribution >= 0.6 is 0 Å². The number of rotatable bonds is 2. The zero-order valence-electron chi connectivity index (χ0n) is 10.6. The van der Waals surface area contributed by atoms with Crippen molar-refractivity contribution >= 4 is 23.2 Å². The molecule has 0 aromatic heterocycles. The topological polar surface area (TPSA) is 70.6 Å². The third-order valence-corrected chi connectivity index (χ3v) is 2.82. The molecule has 1 aliphatic rings. The molecule has 18 heavy (non-hydrogen) atoms. The molecule has 0 saturated carbocycles. The van der Waals surface area contributed by atoms with Gasteiger partial charge < -0.3 is 5.32 Å². The molecule has 0 unspecified atom stereocenters. The SMILES string of the molecule is Cc1cc(C)c(NC(=O)C2=NNC(=O)C2)c(C)c1. The molecule has 0 bridgehead atoms. The Labute approximate surface area is 105 Å². The van der Waals surface area contributed by atoms with Gasteiger partial charge in [-0.05, 0) is 31.9 Å². The van der Waals surface area contributed by atoms with Gasteiger partial charge >= 0.3 is 0 Å². The number of aryl methyl sites for hydroxylation is 3. The number of hydrogen-bond donors (Lipinski definition) is 2. The second-order valence-electron chi connectivity index (χ2n) is 4.50. The van der Waals surface area contributed by atoms with Crippen molar-refractivity contribution < 1.29 is 9.59 Å². The first-order chi connectivity index (χ1) is 8.47. The highest BCUT2D eigenvalue weighted by molar-refractivity contribution is 6.46. The Morgan fingerprint density at radius 2 is 1.89 bits per heavy atom. The molecule has 1 aromatic rings. The number of hydrazone groups is 1. The zero-order chi connectivity index (χ0) is 13.3. The molecule has 0 saturated heterocycles. The molecule has 2 rings (SSSR count). The molecule has 2 N–H and O–H groups in total. The highest BCUT2D eigenvalue weighted by Gasteiger charge is 2.22. The van der Waals surface area contributed by atoms with E-state index in [2.05, 4.69) is 15.8 Å². The lowest BCUT2D eigenvalue weighted by atomic mass is 10.0. The van der Waals surface area contributed by atoms with Crippen LogP contribution in [0, 0.1) is 20.8 Å². The maximum atomic E-state index is 11.9. The Bertz CT molecular complexity index is 538. The van der Waals surface area contributed by atoms with Crippen molar-refractivity contribution in [3.63, 3.8) is 0 Å². The van der Waals surface area contributed by atoms with Crippen LogP contribution in [0.4, 0.5) is 5.69 Å². The first-order valence-corrected chi connectivity index (χ1v) is 5.72. The summed E-state index contributed by atoms with van der Waals surface area (Å²) in [6.45, 7) is 5.89. The molecule has 0 fully saturated rings. The maximum Gasteiger partial charge on any atom is 0.272 e. The van der Waals surface area contributed by atoms with Gasteiger partial charge in [0.25, 0.3) is 5.91 Å². The van der Waals surface area contributed by atoms with Gasteiger partial charge in [-0.25, -0.2) is 5.43 Å². The summed E-state index contributed by atoms with van der Waals surface area (Å²) in [7, 11) is 0. The molecule has 0 spiro atoms. The van der Waals surface area contributed by atoms with Gasteiger partial charge in [0.05, 0.1) is 6.42 Å². The fraction of sp³-hybridized carbons (Fsp3) is 0.308. The van der Waals surface area contributed by atoms with Gasteiger partial charge in [-0.3, -0.25) is 9.59 Å². The summed E-state index contributed by atoms with van der Waals surface area (Å²) in [6, 6.07) is 4.00. The number of hydrogen-bond acceptors (Lipinski definition) is 3. The van der Waals surface area contributed by atoms with E-state index in [1.54, 1.807) is 0 Å². The Morgan fingerprint density at radius 3 is 2.39 bits per heavy atom. The summed E-state index contributed by atoms with van der Waals surface area (Å²) in [5.41, 5.74) is 6.42. The third kappa shape index (κ3) is 2.40. The van der Waals surface area contributed by atoms with Gasteiger partial charge in [0.2, 0.25) is 5.91 Å². The Balaban J connectivity index is 2.20. The zero-order valence-corrected chi connectivity index (χ0v) is 10.6. The van der Waals surface area contributed by atoms with Crippen LogP contribution in [0.25, 0.3) is 0 Å². The molecule has 0 radical (unpaired) electrons. The van der Waals surface area contributed by atoms with Crippen LogP contribution in [0.5, 0.6) is 0 Å². The predicted molar refractivity (Wildman–Crippen MR) is 69.5 cm³/mol. The van der Waals surface area contributed by atoms with Gasteiger partial charge in [-0.2, -0.15) is 5.10 Å². The van der Waals surface area contributed by atoms with E-state index in [0.29, 0.717) is 0 Å². The lowest BCUT2D eigenvalue weighted by Crippen LogP contribution is -2.23. The smallest absolute Gasteiger partial charge is 0.272 e. The number of nitrogens with zero attached hydrogens (tertiary/aromatic N) is 1. The van der Waals surface area contributed by atoms with E-state index in [1.165, 1.54) is 0 Å². The summed E-state index contributed by atoms with van der Waals surface area (Å²) in [5, 5.41) is 6.50. The minimum Gasteiger partial charge on any atom is -0.320 e. The van der Waals surface area contributed by atoms with Gasteiger partial charge in [0.15, 0.2) is 0 Å². The van der Waals surface area contributed by atoms with Crippen LogP contribution in [0.15, 0.2) is 17.2 Å². The summed E-state index contributed by atoms with van der Waals surface area (Å²) in [5.74, 6) is -0.582. The number of benzene rings is 1. The summed E-state index contributed by atoms with van der Waals surface area (Å²) in [6.07, 6.45) is 0.0375. The van der Waals surface area contributed by atoms with E-state index < -0.39 is 0 Å². The summed E-state index contributed by atoms with van der Waals surface area (Å²) >= 11 is 0. The van der Waals surface area contributed by atoms with Crippen LogP contribution in [-0.4, -0.2) is 17.5 Å². The molecule has 94 valence electrons. The first kappa shape index (κ1) is 12.3. The minimum atomic E-state index is -0.330. The molecular weight excluding hydrogens is 230 g/mol. The van der Waals surface area contributed by atoms with Crippen molar-refractivity contribution in [2.24, 2.45) is 5.10 Å². The van der Waals surface area contributed by atoms with Crippen molar-refractivity contribution in [3.05, 3.63) is 28.8 Å². The average Bonchev–Trinajstić information content (AvgIpc) is 2.70. The highest BCUT2D eigenvalue weighted by Crippen LogP contribution is 2.22. The molecule has 1 aliphatic heterocycles. The van der Waals surface area contributed by atoms with E-state index in [9.17, 15) is 9.59 Å². The van der Waals surface area contributed by atoms with Crippen LogP contribution in [0.2, 0.25) is 0 Å². The summed E-state index contributed by atoms with van der Waals surface area (Å²) < 4.78 is 0. The maximum absolute atomic E-state index is 11.9. The van der Waals surface area contributed by atoms with E-state index >= 15 is 0 Å². The Morgan fingerprint density at radius 1 is 1.28 bits per heavy atom. The minimum absolute atomic E-state index is 0.0375. The number of anilines is 1. The molecule has 0 atom stereocenters.